The van der Waals surface area contributed by atoms with E-state index in [2.05, 4.69) is 34.6 Å². The van der Waals surface area contributed by atoms with Crippen molar-refractivity contribution in [3.05, 3.63) is 144 Å². The van der Waals surface area contributed by atoms with Gasteiger partial charge in [-0.3, -0.25) is 0 Å². The number of hydrogen-bond donors (Lipinski definition) is 0. The maximum atomic E-state index is 5.73. The van der Waals surface area contributed by atoms with Crippen molar-refractivity contribution in [3.63, 3.8) is 0 Å². The third kappa shape index (κ3) is 7.97. The summed E-state index contributed by atoms with van der Waals surface area (Å²) in [6.07, 6.45) is 2.40. The van der Waals surface area contributed by atoms with Crippen LogP contribution in [0.4, 0.5) is 0 Å². The van der Waals surface area contributed by atoms with Crippen molar-refractivity contribution in [1.82, 2.24) is 0 Å². The van der Waals surface area contributed by atoms with Crippen LogP contribution in [0, 0.1) is 0 Å². The van der Waals surface area contributed by atoms with E-state index in [0.717, 1.165) is 52.9 Å². The molecule has 4 aromatic rings. The van der Waals surface area contributed by atoms with Gasteiger partial charge in [0.2, 0.25) is 0 Å². The van der Waals surface area contributed by atoms with Gasteiger partial charge in [0, 0.05) is 0 Å². The Morgan fingerprint density at radius 3 is 1.17 bits per heavy atom. The summed E-state index contributed by atoms with van der Waals surface area (Å²) in [4.78, 5) is 11.5. The van der Waals surface area contributed by atoms with Crippen LogP contribution in [0.1, 0.15) is 41.5 Å². The molecule has 4 aromatic carbocycles. The summed E-state index contributed by atoms with van der Waals surface area (Å²) in [5.74, 6) is 0. The van der Waals surface area contributed by atoms with E-state index in [0.29, 0.717) is 13.2 Å². The lowest BCUT2D eigenvalue weighted by Gasteiger charge is -2.10. The van der Waals surface area contributed by atoms with E-state index in [1.54, 1.807) is 0 Å². The van der Waals surface area contributed by atoms with E-state index < -0.39 is 0 Å². The van der Waals surface area contributed by atoms with Crippen LogP contribution in [-0.2, 0) is 22.9 Å². The number of nitrogens with zero attached hydrogens (tertiary/aromatic N) is 2. The lowest BCUT2D eigenvalue weighted by molar-refractivity contribution is 0.129. The van der Waals surface area contributed by atoms with E-state index >= 15 is 0 Å². The summed E-state index contributed by atoms with van der Waals surface area (Å²) in [6, 6.07) is 40.6. The molecule has 0 bridgehead atoms. The van der Waals surface area contributed by atoms with Crippen molar-refractivity contribution in [2.45, 2.75) is 32.5 Å². The van der Waals surface area contributed by atoms with Crippen molar-refractivity contribution >= 4 is 11.4 Å². The van der Waals surface area contributed by atoms with Crippen molar-refractivity contribution in [3.8, 4) is 0 Å². The van der Waals surface area contributed by atoms with E-state index in [1.165, 1.54) is 0 Å². The Kier molecular flexibility index (Phi) is 9.25. The van der Waals surface area contributed by atoms with Gasteiger partial charge in [-0.2, -0.15) is 0 Å². The highest BCUT2D eigenvalue weighted by Crippen LogP contribution is 2.14. The first kappa shape index (κ1) is 24.0. The summed E-state index contributed by atoms with van der Waals surface area (Å²) >= 11 is 0. The summed E-state index contributed by atoms with van der Waals surface area (Å²) in [5, 5.41) is 9.01. The van der Waals surface area contributed by atoms with E-state index in [-0.39, 0.29) is 0 Å². The zero-order valence-electron chi connectivity index (χ0n) is 19.8. The van der Waals surface area contributed by atoms with Gasteiger partial charge in [-0.05, 0) is 41.5 Å². The van der Waals surface area contributed by atoms with Crippen LogP contribution in [0.25, 0.3) is 0 Å². The summed E-state index contributed by atoms with van der Waals surface area (Å²) in [5.41, 5.74) is 6.19. The second-order valence-corrected chi connectivity index (χ2v) is 8.18. The van der Waals surface area contributed by atoms with Crippen LogP contribution < -0.4 is 0 Å². The first-order chi connectivity index (χ1) is 17.4. The normalized spacial score (nSPS) is 11.8. The Hall–Kier alpha value is -4.18. The number of benzene rings is 4. The summed E-state index contributed by atoms with van der Waals surface area (Å²) < 4.78 is 0. The highest BCUT2D eigenvalue weighted by atomic mass is 16.6. The molecule has 0 aliphatic heterocycles. The molecule has 0 fully saturated rings. The summed E-state index contributed by atoms with van der Waals surface area (Å²) in [7, 11) is 0. The molecule has 0 N–H and O–H groups in total. The van der Waals surface area contributed by atoms with Gasteiger partial charge in [0.25, 0.3) is 0 Å². The Labute approximate surface area is 207 Å². The molecule has 4 heteroatoms. The quantitative estimate of drug-likeness (QED) is 0.163. The molecule has 0 aromatic heterocycles. The van der Waals surface area contributed by atoms with Crippen molar-refractivity contribution in [2.75, 3.05) is 0 Å². The first-order valence-electron chi connectivity index (χ1n) is 11.9. The fourth-order valence-electron chi connectivity index (χ4n) is 3.69. The lowest BCUT2D eigenvalue weighted by atomic mass is 10.0. The van der Waals surface area contributed by atoms with Crippen LogP contribution >= 0.6 is 0 Å². The van der Waals surface area contributed by atoms with Crippen LogP contribution in [-0.4, -0.2) is 11.4 Å². The fraction of sp³-hybridized carbons (Fsp3) is 0.161. The van der Waals surface area contributed by atoms with Crippen molar-refractivity contribution in [2.24, 2.45) is 10.3 Å². The molecule has 35 heavy (non-hydrogen) atoms. The van der Waals surface area contributed by atoms with Crippen LogP contribution in [0.5, 0.6) is 0 Å². The first-order valence-corrected chi connectivity index (χ1v) is 11.9. The fourth-order valence-corrected chi connectivity index (χ4v) is 3.69. The highest BCUT2D eigenvalue weighted by molar-refractivity contribution is 6.02. The minimum atomic E-state index is 0.446. The average Bonchev–Trinajstić information content (AvgIpc) is 2.93. The van der Waals surface area contributed by atoms with Gasteiger partial charge in [0.1, 0.15) is 13.2 Å². The van der Waals surface area contributed by atoms with Crippen molar-refractivity contribution in [1.29, 1.82) is 0 Å². The molecule has 0 atom stereocenters. The van der Waals surface area contributed by atoms with Gasteiger partial charge in [-0.25, -0.2) is 0 Å². The van der Waals surface area contributed by atoms with Gasteiger partial charge in [-0.15, -0.1) is 0 Å². The molecular formula is C31H30N2O2. The van der Waals surface area contributed by atoms with Crippen LogP contribution in [0.3, 0.4) is 0 Å². The third-order valence-corrected chi connectivity index (χ3v) is 5.54. The molecule has 0 spiro atoms. The predicted molar refractivity (Wildman–Crippen MR) is 142 cm³/mol. The molecule has 0 aliphatic rings. The standard InChI is InChI=1S/C31H30N2O2/c1-5-14-26(15-6-1)24-34-32-30(28-18-9-3-10-19-28)22-13-23-31(29-20-11-4-12-21-29)33-35-25-27-16-7-2-8-17-27/h1-12,14-21H,13,22-25H2. The molecule has 0 saturated heterocycles. The lowest BCUT2D eigenvalue weighted by Crippen LogP contribution is -2.07. The molecule has 0 amide bonds. The molecular weight excluding hydrogens is 432 g/mol. The van der Waals surface area contributed by atoms with E-state index in [9.17, 15) is 0 Å². The number of oxime groups is 2. The smallest absolute Gasteiger partial charge is 0.142 e. The molecule has 0 radical (unpaired) electrons. The number of hydrogen-bond acceptors (Lipinski definition) is 4. The van der Waals surface area contributed by atoms with Crippen molar-refractivity contribution < 1.29 is 9.68 Å². The van der Waals surface area contributed by atoms with Gasteiger partial charge in [0.15, 0.2) is 0 Å². The van der Waals surface area contributed by atoms with Gasteiger partial charge in [0.05, 0.1) is 11.4 Å². The molecule has 0 aliphatic carbocycles. The maximum Gasteiger partial charge on any atom is 0.142 e. The zero-order chi connectivity index (χ0) is 24.0. The monoisotopic (exact) mass is 462 g/mol. The van der Waals surface area contributed by atoms with E-state index in [1.807, 2.05) is 97.1 Å². The third-order valence-electron chi connectivity index (χ3n) is 5.54. The summed E-state index contributed by atoms with van der Waals surface area (Å²) in [6.45, 7) is 0.891. The topological polar surface area (TPSA) is 43.2 Å². The molecule has 4 nitrogen and oxygen atoms in total. The molecule has 176 valence electrons. The SMILES string of the molecule is c1ccc(CON=C(CCCC(=NOCc2ccccc2)c2ccccc2)c2ccccc2)cc1. The van der Waals surface area contributed by atoms with Gasteiger partial charge >= 0.3 is 0 Å². The van der Waals surface area contributed by atoms with Crippen LogP contribution in [0.2, 0.25) is 0 Å². The molecule has 0 unspecified atom stereocenters. The Bertz CT molecular complexity index is 1090. The Morgan fingerprint density at radius 1 is 0.457 bits per heavy atom. The average molecular weight is 463 g/mol. The molecule has 0 saturated carbocycles. The Morgan fingerprint density at radius 2 is 0.800 bits per heavy atom. The van der Waals surface area contributed by atoms with Crippen LogP contribution in [0.15, 0.2) is 132 Å². The maximum absolute atomic E-state index is 5.73. The molecule has 4 rings (SSSR count). The minimum Gasteiger partial charge on any atom is -0.391 e. The van der Waals surface area contributed by atoms with Gasteiger partial charge in [-0.1, -0.05) is 132 Å². The van der Waals surface area contributed by atoms with E-state index in [4.69, 9.17) is 9.68 Å². The minimum absolute atomic E-state index is 0.446. The highest BCUT2D eigenvalue weighted by Gasteiger charge is 2.09. The molecule has 0 heterocycles. The van der Waals surface area contributed by atoms with Gasteiger partial charge < -0.3 is 9.68 Å². The second-order valence-electron chi connectivity index (χ2n) is 8.18. The second kappa shape index (κ2) is 13.5. The number of rotatable bonds is 12. The zero-order valence-corrected chi connectivity index (χ0v) is 19.8. The predicted octanol–water partition coefficient (Wildman–Crippen LogP) is 7.40. The largest absolute Gasteiger partial charge is 0.391 e. The Balaban J connectivity index is 1.41.